The molecular weight excluding hydrogens is 428 g/mol. The summed E-state index contributed by atoms with van der Waals surface area (Å²) in [5.41, 5.74) is 3.47. The van der Waals surface area contributed by atoms with Crippen molar-refractivity contribution in [2.24, 2.45) is 0 Å². The zero-order chi connectivity index (χ0) is 21.2. The van der Waals surface area contributed by atoms with Gasteiger partial charge in [-0.1, -0.05) is 59.8 Å². The van der Waals surface area contributed by atoms with Crippen molar-refractivity contribution >= 4 is 40.0 Å². The molecule has 0 saturated heterocycles. The number of hydrogen-bond donors (Lipinski definition) is 1. The Kier molecular flexibility index (Phi) is 5.32. The maximum atomic E-state index is 12.9. The second-order valence-electron chi connectivity index (χ2n) is 6.94. The highest BCUT2D eigenvalue weighted by Gasteiger charge is 2.19. The Hall–Kier alpha value is -3.35. The molecule has 3 aromatic carbocycles. The van der Waals surface area contributed by atoms with Crippen LogP contribution in [-0.4, -0.2) is 31.3 Å². The van der Waals surface area contributed by atoms with Gasteiger partial charge in [0.1, 0.15) is 0 Å². The smallest absolute Gasteiger partial charge is 0.196 e. The van der Waals surface area contributed by atoms with Gasteiger partial charge in [0.05, 0.1) is 5.75 Å². The molecule has 0 saturated carbocycles. The molecule has 152 valence electrons. The van der Waals surface area contributed by atoms with Crippen molar-refractivity contribution in [3.8, 4) is 17.1 Å². The number of Topliss-reactive ketones (excluding diaryl/α,β-unsaturated/α-hetero) is 1. The van der Waals surface area contributed by atoms with Gasteiger partial charge in [-0.15, -0.1) is 10.2 Å². The molecule has 7 heteroatoms. The number of fused-ring (bicyclic) bond motifs is 1. The average molecular weight is 445 g/mol. The third-order valence-corrected chi connectivity index (χ3v) is 6.15. The van der Waals surface area contributed by atoms with Crippen molar-refractivity contribution < 1.29 is 4.79 Å². The second-order valence-corrected chi connectivity index (χ2v) is 8.32. The molecule has 31 heavy (non-hydrogen) atoms. The molecule has 0 aliphatic heterocycles. The number of aromatic nitrogens is 4. The van der Waals surface area contributed by atoms with Gasteiger partial charge in [0.25, 0.3) is 0 Å². The number of benzene rings is 3. The van der Waals surface area contributed by atoms with E-state index in [1.54, 1.807) is 6.20 Å². The highest BCUT2D eigenvalue weighted by molar-refractivity contribution is 7.99. The maximum Gasteiger partial charge on any atom is 0.196 e. The summed E-state index contributed by atoms with van der Waals surface area (Å²) >= 11 is 7.42. The van der Waals surface area contributed by atoms with E-state index in [0.717, 1.165) is 22.2 Å². The van der Waals surface area contributed by atoms with Crippen molar-refractivity contribution in [2.75, 3.05) is 5.75 Å². The fourth-order valence-corrected chi connectivity index (χ4v) is 4.43. The molecule has 2 heterocycles. The number of nitrogens with one attached hydrogen (secondary N) is 1. The molecule has 0 fully saturated rings. The largest absolute Gasteiger partial charge is 0.360 e. The van der Waals surface area contributed by atoms with Crippen LogP contribution in [-0.2, 0) is 0 Å². The monoisotopic (exact) mass is 444 g/mol. The standard InChI is InChI=1S/C24H17ClN4OS/c25-17-12-10-16(11-13-17)23-27-28-24(29(23)18-6-2-1-3-7-18)31-15-22(30)20-14-26-21-9-5-4-8-19(20)21/h1-14,26H,15H2. The summed E-state index contributed by atoms with van der Waals surface area (Å²) in [5.74, 6) is 0.996. The SMILES string of the molecule is O=C(CSc1nnc(-c2ccc(Cl)cc2)n1-c1ccccc1)c1c[nH]c2ccccc12. The van der Waals surface area contributed by atoms with Gasteiger partial charge in [0.15, 0.2) is 16.8 Å². The van der Waals surface area contributed by atoms with E-state index >= 15 is 0 Å². The molecule has 0 aliphatic rings. The van der Waals surface area contributed by atoms with Crippen LogP contribution in [0.1, 0.15) is 10.4 Å². The van der Waals surface area contributed by atoms with Crippen LogP contribution in [0, 0.1) is 0 Å². The fraction of sp³-hybridized carbons (Fsp3) is 0.0417. The lowest BCUT2D eigenvalue weighted by Gasteiger charge is -2.10. The quantitative estimate of drug-likeness (QED) is 0.256. The van der Waals surface area contributed by atoms with Gasteiger partial charge in [0.2, 0.25) is 0 Å². The van der Waals surface area contributed by atoms with Crippen molar-refractivity contribution in [1.29, 1.82) is 0 Å². The minimum atomic E-state index is 0.0399. The minimum Gasteiger partial charge on any atom is -0.360 e. The highest BCUT2D eigenvalue weighted by Crippen LogP contribution is 2.29. The predicted molar refractivity (Wildman–Crippen MR) is 125 cm³/mol. The summed E-state index contributed by atoms with van der Waals surface area (Å²) in [5, 5.41) is 11.1. The van der Waals surface area contributed by atoms with E-state index in [2.05, 4.69) is 15.2 Å². The summed E-state index contributed by atoms with van der Waals surface area (Å²) in [6.45, 7) is 0. The van der Waals surface area contributed by atoms with Crippen molar-refractivity contribution in [3.05, 3.63) is 95.6 Å². The lowest BCUT2D eigenvalue weighted by Crippen LogP contribution is -2.04. The number of ketones is 1. The Morgan fingerprint density at radius 1 is 0.935 bits per heavy atom. The van der Waals surface area contributed by atoms with E-state index in [-0.39, 0.29) is 11.5 Å². The molecule has 2 aromatic heterocycles. The number of carbonyl (C=O) groups is 1. The fourth-order valence-electron chi connectivity index (χ4n) is 3.47. The van der Waals surface area contributed by atoms with Crippen LogP contribution in [0.25, 0.3) is 28.0 Å². The first-order chi connectivity index (χ1) is 15.2. The number of halogens is 1. The molecule has 1 N–H and O–H groups in total. The summed E-state index contributed by atoms with van der Waals surface area (Å²) in [7, 11) is 0. The van der Waals surface area contributed by atoms with Crippen LogP contribution < -0.4 is 0 Å². The highest BCUT2D eigenvalue weighted by atomic mass is 35.5. The zero-order valence-corrected chi connectivity index (χ0v) is 17.9. The summed E-state index contributed by atoms with van der Waals surface area (Å²) < 4.78 is 1.97. The Labute approximate surface area is 188 Å². The third-order valence-electron chi connectivity index (χ3n) is 4.97. The molecule has 5 nitrogen and oxygen atoms in total. The first-order valence-corrected chi connectivity index (χ1v) is 11.1. The Morgan fingerprint density at radius 3 is 2.48 bits per heavy atom. The first-order valence-electron chi connectivity index (χ1n) is 9.69. The van der Waals surface area contributed by atoms with Crippen LogP contribution in [0.15, 0.2) is 90.2 Å². The van der Waals surface area contributed by atoms with E-state index in [4.69, 9.17) is 11.6 Å². The number of nitrogens with zero attached hydrogens (tertiary/aromatic N) is 3. The minimum absolute atomic E-state index is 0.0399. The number of rotatable bonds is 6. The van der Waals surface area contributed by atoms with E-state index in [1.165, 1.54) is 11.8 Å². The molecule has 0 radical (unpaired) electrons. The number of hydrogen-bond acceptors (Lipinski definition) is 4. The van der Waals surface area contributed by atoms with Gasteiger partial charge < -0.3 is 4.98 Å². The number of H-pyrrole nitrogens is 1. The molecule has 0 bridgehead atoms. The lowest BCUT2D eigenvalue weighted by molar-refractivity contribution is 0.102. The van der Waals surface area contributed by atoms with Gasteiger partial charge in [-0.25, -0.2) is 0 Å². The first kappa shape index (κ1) is 19.6. The Balaban J connectivity index is 1.48. The van der Waals surface area contributed by atoms with Crippen molar-refractivity contribution in [3.63, 3.8) is 0 Å². The molecule has 5 aromatic rings. The summed E-state index contributed by atoms with van der Waals surface area (Å²) in [4.78, 5) is 16.1. The molecular formula is C24H17ClN4OS. The van der Waals surface area contributed by atoms with Crippen LogP contribution in [0.2, 0.25) is 5.02 Å². The van der Waals surface area contributed by atoms with Crippen molar-refractivity contribution in [1.82, 2.24) is 19.7 Å². The molecule has 0 spiro atoms. The maximum absolute atomic E-state index is 12.9. The number of para-hydroxylation sites is 2. The number of carbonyl (C=O) groups excluding carboxylic acids is 1. The average Bonchev–Trinajstić information content (AvgIpc) is 3.43. The van der Waals surface area contributed by atoms with Crippen LogP contribution in [0.4, 0.5) is 0 Å². The Morgan fingerprint density at radius 2 is 1.68 bits per heavy atom. The summed E-state index contributed by atoms with van der Waals surface area (Å²) in [6, 6.07) is 25.2. The van der Waals surface area contributed by atoms with E-state index in [1.807, 2.05) is 83.4 Å². The van der Waals surface area contributed by atoms with Gasteiger partial charge in [0, 0.05) is 38.9 Å². The molecule has 5 rings (SSSR count). The van der Waals surface area contributed by atoms with Gasteiger partial charge in [-0.3, -0.25) is 9.36 Å². The second kappa shape index (κ2) is 8.41. The van der Waals surface area contributed by atoms with Crippen LogP contribution in [0.3, 0.4) is 0 Å². The molecule has 0 atom stereocenters. The number of aromatic amines is 1. The zero-order valence-electron chi connectivity index (χ0n) is 16.3. The van der Waals surface area contributed by atoms with E-state index < -0.39 is 0 Å². The molecule has 0 amide bonds. The molecule has 0 aliphatic carbocycles. The molecule has 0 unspecified atom stereocenters. The van der Waals surface area contributed by atoms with E-state index in [9.17, 15) is 4.79 Å². The summed E-state index contributed by atoms with van der Waals surface area (Å²) in [6.07, 6.45) is 1.77. The normalized spacial score (nSPS) is 11.1. The van der Waals surface area contributed by atoms with E-state index in [0.29, 0.717) is 21.6 Å². The van der Waals surface area contributed by atoms with Crippen molar-refractivity contribution in [2.45, 2.75) is 5.16 Å². The third kappa shape index (κ3) is 3.87. The van der Waals surface area contributed by atoms with Crippen LogP contribution >= 0.6 is 23.4 Å². The van der Waals surface area contributed by atoms with Gasteiger partial charge >= 0.3 is 0 Å². The van der Waals surface area contributed by atoms with Gasteiger partial charge in [-0.05, 0) is 42.5 Å². The van der Waals surface area contributed by atoms with Gasteiger partial charge in [-0.2, -0.15) is 0 Å². The lowest BCUT2D eigenvalue weighted by atomic mass is 10.1. The number of thioether (sulfide) groups is 1. The van der Waals surface area contributed by atoms with Crippen LogP contribution in [0.5, 0.6) is 0 Å². The predicted octanol–water partition coefficient (Wildman–Crippen LogP) is 6.04. The Bertz CT molecular complexity index is 1360. The topological polar surface area (TPSA) is 63.6 Å².